The molecule has 0 radical (unpaired) electrons. The fourth-order valence-electron chi connectivity index (χ4n) is 1.79. The van der Waals surface area contributed by atoms with Crippen molar-refractivity contribution in [3.63, 3.8) is 0 Å². The Morgan fingerprint density at radius 3 is 2.93 bits per heavy atom. The lowest BCUT2D eigenvalue weighted by Crippen LogP contribution is -1.99. The zero-order valence-corrected chi connectivity index (χ0v) is 8.32. The summed E-state index contributed by atoms with van der Waals surface area (Å²) in [5.41, 5.74) is 7.65. The van der Waals surface area contributed by atoms with Crippen molar-refractivity contribution in [3.05, 3.63) is 23.8 Å². The molecular formula is C11H15NO2. The monoisotopic (exact) mass is 193 g/mol. The molecule has 2 N–H and O–H groups in total. The summed E-state index contributed by atoms with van der Waals surface area (Å²) >= 11 is 0. The molecule has 3 heteroatoms. The Balaban J connectivity index is 2.23. The number of ether oxygens (including phenoxy) is 2. The van der Waals surface area contributed by atoms with E-state index in [0.717, 1.165) is 30.8 Å². The fourth-order valence-corrected chi connectivity index (χ4v) is 1.79. The molecule has 14 heavy (non-hydrogen) atoms. The molecule has 1 aromatic carbocycles. The van der Waals surface area contributed by atoms with Crippen LogP contribution in [0, 0.1) is 0 Å². The average Bonchev–Trinajstić information content (AvgIpc) is 2.70. The second-order valence-electron chi connectivity index (χ2n) is 3.50. The number of nitrogen functional groups attached to an aromatic ring is 1. The molecule has 0 aliphatic carbocycles. The number of anilines is 1. The van der Waals surface area contributed by atoms with Gasteiger partial charge >= 0.3 is 0 Å². The van der Waals surface area contributed by atoms with Gasteiger partial charge in [-0.15, -0.1) is 0 Å². The third-order valence-electron chi connectivity index (χ3n) is 2.56. The Bertz CT molecular complexity index is 319. The Labute approximate surface area is 83.8 Å². The van der Waals surface area contributed by atoms with E-state index in [1.165, 1.54) is 0 Å². The van der Waals surface area contributed by atoms with Crippen molar-refractivity contribution in [3.8, 4) is 5.75 Å². The van der Waals surface area contributed by atoms with Crippen molar-refractivity contribution in [2.75, 3.05) is 19.5 Å². The van der Waals surface area contributed by atoms with E-state index >= 15 is 0 Å². The van der Waals surface area contributed by atoms with Crippen LogP contribution < -0.4 is 10.5 Å². The summed E-state index contributed by atoms with van der Waals surface area (Å²) in [6, 6.07) is 5.85. The molecule has 0 spiro atoms. The molecule has 3 nitrogen and oxygen atoms in total. The first kappa shape index (κ1) is 9.34. The van der Waals surface area contributed by atoms with Crippen molar-refractivity contribution in [1.29, 1.82) is 0 Å². The predicted molar refractivity (Wildman–Crippen MR) is 55.3 cm³/mol. The summed E-state index contributed by atoms with van der Waals surface area (Å²) in [5, 5.41) is 0. The standard InChI is InChI=1S/C11H15NO2/c1-13-11-5-4-8(7-9(11)12)10-3-2-6-14-10/h4-5,7,10H,2-3,6,12H2,1H3. The quantitative estimate of drug-likeness (QED) is 0.732. The van der Waals surface area contributed by atoms with E-state index in [-0.39, 0.29) is 6.10 Å². The lowest BCUT2D eigenvalue weighted by Gasteiger charge is -2.12. The molecule has 1 saturated heterocycles. The van der Waals surface area contributed by atoms with Crippen molar-refractivity contribution in [2.45, 2.75) is 18.9 Å². The molecule has 0 bridgehead atoms. The van der Waals surface area contributed by atoms with Crippen LogP contribution in [0.25, 0.3) is 0 Å². The van der Waals surface area contributed by atoms with Crippen molar-refractivity contribution in [2.24, 2.45) is 0 Å². The Morgan fingerprint density at radius 1 is 1.50 bits per heavy atom. The normalized spacial score (nSPS) is 21.1. The van der Waals surface area contributed by atoms with Crippen LogP contribution in [0.5, 0.6) is 5.75 Å². The average molecular weight is 193 g/mol. The smallest absolute Gasteiger partial charge is 0.141 e. The second kappa shape index (κ2) is 3.88. The molecule has 1 aliphatic rings. The van der Waals surface area contributed by atoms with Crippen LogP contribution >= 0.6 is 0 Å². The predicted octanol–water partition coefficient (Wildman–Crippen LogP) is 2.13. The molecule has 0 aromatic heterocycles. The van der Waals surface area contributed by atoms with Crippen LogP contribution in [0.15, 0.2) is 18.2 Å². The number of methoxy groups -OCH3 is 1. The summed E-state index contributed by atoms with van der Waals surface area (Å²) in [5.74, 6) is 0.728. The highest BCUT2D eigenvalue weighted by molar-refractivity contribution is 5.54. The molecule has 76 valence electrons. The minimum atomic E-state index is 0.225. The summed E-state index contributed by atoms with van der Waals surface area (Å²) in [6.45, 7) is 0.858. The molecule has 1 aromatic rings. The lowest BCUT2D eigenvalue weighted by atomic mass is 10.1. The van der Waals surface area contributed by atoms with Gasteiger partial charge in [-0.1, -0.05) is 6.07 Å². The van der Waals surface area contributed by atoms with Gasteiger partial charge in [-0.05, 0) is 30.5 Å². The van der Waals surface area contributed by atoms with Crippen LogP contribution in [0.3, 0.4) is 0 Å². The zero-order valence-electron chi connectivity index (χ0n) is 8.32. The summed E-state index contributed by atoms with van der Waals surface area (Å²) in [6.07, 6.45) is 2.45. The van der Waals surface area contributed by atoms with Crippen LogP contribution in [0.2, 0.25) is 0 Å². The Kier molecular flexibility index (Phi) is 2.59. The lowest BCUT2D eigenvalue weighted by molar-refractivity contribution is 0.112. The van der Waals surface area contributed by atoms with E-state index in [9.17, 15) is 0 Å². The number of rotatable bonds is 2. The van der Waals surface area contributed by atoms with E-state index in [1.54, 1.807) is 7.11 Å². The van der Waals surface area contributed by atoms with Gasteiger partial charge in [0.05, 0.1) is 18.9 Å². The third-order valence-corrected chi connectivity index (χ3v) is 2.56. The van der Waals surface area contributed by atoms with Crippen LogP contribution in [-0.2, 0) is 4.74 Å². The maximum absolute atomic E-state index is 5.82. The SMILES string of the molecule is COc1ccc(C2CCCO2)cc1N. The first-order chi connectivity index (χ1) is 6.81. The van der Waals surface area contributed by atoms with Gasteiger partial charge in [0.15, 0.2) is 0 Å². The summed E-state index contributed by atoms with van der Waals surface area (Å²) in [4.78, 5) is 0. The second-order valence-corrected chi connectivity index (χ2v) is 3.50. The van der Waals surface area contributed by atoms with Gasteiger partial charge in [-0.25, -0.2) is 0 Å². The molecular weight excluding hydrogens is 178 g/mol. The minimum Gasteiger partial charge on any atom is -0.495 e. The fraction of sp³-hybridized carbons (Fsp3) is 0.455. The molecule has 0 amide bonds. The third kappa shape index (κ3) is 1.68. The van der Waals surface area contributed by atoms with Crippen molar-refractivity contribution >= 4 is 5.69 Å². The van der Waals surface area contributed by atoms with Gasteiger partial charge in [0.25, 0.3) is 0 Å². The minimum absolute atomic E-state index is 0.225. The highest BCUT2D eigenvalue weighted by Gasteiger charge is 2.18. The molecule has 1 aliphatic heterocycles. The Morgan fingerprint density at radius 2 is 2.36 bits per heavy atom. The largest absolute Gasteiger partial charge is 0.495 e. The molecule has 1 atom stereocenters. The van der Waals surface area contributed by atoms with E-state index in [2.05, 4.69) is 0 Å². The summed E-state index contributed by atoms with van der Waals surface area (Å²) in [7, 11) is 1.62. The van der Waals surface area contributed by atoms with Gasteiger partial charge in [0.1, 0.15) is 5.75 Å². The highest BCUT2D eigenvalue weighted by atomic mass is 16.5. The molecule has 1 fully saturated rings. The van der Waals surface area contributed by atoms with E-state index < -0.39 is 0 Å². The molecule has 0 saturated carbocycles. The maximum atomic E-state index is 5.82. The molecule has 1 unspecified atom stereocenters. The van der Waals surface area contributed by atoms with Crippen molar-refractivity contribution in [1.82, 2.24) is 0 Å². The van der Waals surface area contributed by atoms with E-state index in [0.29, 0.717) is 5.69 Å². The maximum Gasteiger partial charge on any atom is 0.141 e. The first-order valence-electron chi connectivity index (χ1n) is 4.86. The number of hydrogen-bond donors (Lipinski definition) is 1. The number of nitrogens with two attached hydrogens (primary N) is 1. The Hall–Kier alpha value is -1.22. The van der Waals surface area contributed by atoms with E-state index in [4.69, 9.17) is 15.2 Å². The first-order valence-corrected chi connectivity index (χ1v) is 4.86. The van der Waals surface area contributed by atoms with Gasteiger partial charge < -0.3 is 15.2 Å². The van der Waals surface area contributed by atoms with Gasteiger partial charge in [0, 0.05) is 6.61 Å². The molecule has 2 rings (SSSR count). The molecule has 1 heterocycles. The van der Waals surface area contributed by atoms with Crippen LogP contribution in [0.4, 0.5) is 5.69 Å². The zero-order chi connectivity index (χ0) is 9.97. The topological polar surface area (TPSA) is 44.5 Å². The number of benzene rings is 1. The van der Waals surface area contributed by atoms with Crippen LogP contribution in [-0.4, -0.2) is 13.7 Å². The summed E-state index contributed by atoms with van der Waals surface area (Å²) < 4.78 is 10.7. The van der Waals surface area contributed by atoms with Gasteiger partial charge in [-0.3, -0.25) is 0 Å². The van der Waals surface area contributed by atoms with E-state index in [1.807, 2.05) is 18.2 Å². The highest BCUT2D eigenvalue weighted by Crippen LogP contribution is 2.32. The van der Waals surface area contributed by atoms with Gasteiger partial charge in [0.2, 0.25) is 0 Å². The number of hydrogen-bond acceptors (Lipinski definition) is 3. The van der Waals surface area contributed by atoms with Crippen molar-refractivity contribution < 1.29 is 9.47 Å². The van der Waals surface area contributed by atoms with Crippen LogP contribution in [0.1, 0.15) is 24.5 Å². The van der Waals surface area contributed by atoms with Gasteiger partial charge in [-0.2, -0.15) is 0 Å².